The standard InChI is InChI=1S/C10H14O2.C2H6/c1-3-10(2)6-4-8(11)9(12)5-7-10;1-2/h4-7,11-12H,3H2,1-2H3;1-2H3. The highest BCUT2D eigenvalue weighted by Gasteiger charge is 2.16. The van der Waals surface area contributed by atoms with Crippen molar-refractivity contribution in [2.45, 2.75) is 34.1 Å². The van der Waals surface area contributed by atoms with E-state index < -0.39 is 0 Å². The number of hydrogen-bond donors (Lipinski definition) is 2. The number of rotatable bonds is 1. The van der Waals surface area contributed by atoms with E-state index in [2.05, 4.69) is 6.92 Å². The summed E-state index contributed by atoms with van der Waals surface area (Å²) in [7, 11) is 0. The Balaban J connectivity index is 0.000000791. The molecule has 0 heterocycles. The van der Waals surface area contributed by atoms with E-state index in [9.17, 15) is 10.2 Å². The van der Waals surface area contributed by atoms with E-state index >= 15 is 0 Å². The van der Waals surface area contributed by atoms with Gasteiger partial charge in [-0.15, -0.1) is 0 Å². The first-order valence-corrected chi connectivity index (χ1v) is 5.08. The Bertz CT molecular complexity index is 237. The largest absolute Gasteiger partial charge is 0.504 e. The molecule has 0 unspecified atom stereocenters. The Hall–Kier alpha value is -1.18. The van der Waals surface area contributed by atoms with Crippen molar-refractivity contribution in [2.24, 2.45) is 5.41 Å². The molecule has 1 rings (SSSR count). The number of aliphatic hydroxyl groups is 2. The van der Waals surface area contributed by atoms with Gasteiger partial charge in [0.05, 0.1) is 0 Å². The summed E-state index contributed by atoms with van der Waals surface area (Å²) < 4.78 is 0. The summed E-state index contributed by atoms with van der Waals surface area (Å²) in [5.41, 5.74) is -0.0571. The predicted molar refractivity (Wildman–Crippen MR) is 60.3 cm³/mol. The second-order valence-corrected chi connectivity index (χ2v) is 3.30. The van der Waals surface area contributed by atoms with Crippen LogP contribution in [0.5, 0.6) is 0 Å². The fraction of sp³-hybridized carbons (Fsp3) is 0.500. The van der Waals surface area contributed by atoms with E-state index in [0.29, 0.717) is 0 Å². The molecule has 2 heteroatoms. The molecule has 0 fully saturated rings. The Morgan fingerprint density at radius 1 is 1.07 bits per heavy atom. The smallest absolute Gasteiger partial charge is 0.157 e. The van der Waals surface area contributed by atoms with E-state index in [1.54, 1.807) is 12.2 Å². The van der Waals surface area contributed by atoms with Crippen LogP contribution in [0.3, 0.4) is 0 Å². The SMILES string of the molecule is CC.CCC1(C)C=CC(O)=C(O)C=C1. The van der Waals surface area contributed by atoms with Crippen LogP contribution in [0.2, 0.25) is 0 Å². The molecule has 0 radical (unpaired) electrons. The summed E-state index contributed by atoms with van der Waals surface area (Å²) in [4.78, 5) is 0. The van der Waals surface area contributed by atoms with Crippen LogP contribution in [0.15, 0.2) is 35.8 Å². The lowest BCUT2D eigenvalue weighted by Gasteiger charge is -2.17. The first-order valence-electron chi connectivity index (χ1n) is 5.08. The van der Waals surface area contributed by atoms with Crippen LogP contribution in [-0.2, 0) is 0 Å². The van der Waals surface area contributed by atoms with E-state index in [0.717, 1.165) is 6.42 Å². The van der Waals surface area contributed by atoms with Crippen molar-refractivity contribution in [1.29, 1.82) is 0 Å². The van der Waals surface area contributed by atoms with Crippen molar-refractivity contribution < 1.29 is 10.2 Å². The lowest BCUT2D eigenvalue weighted by atomic mass is 9.87. The number of aliphatic hydroxyl groups excluding tert-OH is 2. The summed E-state index contributed by atoms with van der Waals surface area (Å²) in [6, 6.07) is 0. The van der Waals surface area contributed by atoms with Gasteiger partial charge in [0, 0.05) is 5.41 Å². The molecule has 0 aliphatic heterocycles. The zero-order chi connectivity index (χ0) is 11.2. The lowest BCUT2D eigenvalue weighted by molar-refractivity contribution is 0.352. The van der Waals surface area contributed by atoms with Gasteiger partial charge >= 0.3 is 0 Å². The van der Waals surface area contributed by atoms with Gasteiger partial charge in [0.1, 0.15) is 0 Å². The zero-order valence-electron chi connectivity index (χ0n) is 9.41. The molecular weight excluding hydrogens is 176 g/mol. The molecule has 2 nitrogen and oxygen atoms in total. The van der Waals surface area contributed by atoms with Crippen molar-refractivity contribution >= 4 is 0 Å². The summed E-state index contributed by atoms with van der Waals surface area (Å²) in [6.45, 7) is 8.11. The Labute approximate surface area is 86.3 Å². The molecule has 1 aliphatic carbocycles. The molecule has 0 amide bonds. The van der Waals surface area contributed by atoms with Crippen molar-refractivity contribution in [2.75, 3.05) is 0 Å². The third kappa shape index (κ3) is 3.29. The molecule has 0 atom stereocenters. The average molecular weight is 196 g/mol. The zero-order valence-corrected chi connectivity index (χ0v) is 9.41. The molecule has 0 bridgehead atoms. The third-order valence-corrected chi connectivity index (χ3v) is 2.27. The molecule has 80 valence electrons. The van der Waals surface area contributed by atoms with Gasteiger partial charge in [0.2, 0.25) is 0 Å². The maximum Gasteiger partial charge on any atom is 0.157 e. The van der Waals surface area contributed by atoms with Crippen LogP contribution in [0.1, 0.15) is 34.1 Å². The summed E-state index contributed by atoms with van der Waals surface area (Å²) in [5.74, 6) is -0.133. The Morgan fingerprint density at radius 2 is 1.43 bits per heavy atom. The topological polar surface area (TPSA) is 40.5 Å². The fourth-order valence-electron chi connectivity index (χ4n) is 1.00. The van der Waals surface area contributed by atoms with E-state index in [-0.39, 0.29) is 16.9 Å². The van der Waals surface area contributed by atoms with Gasteiger partial charge in [-0.1, -0.05) is 39.8 Å². The van der Waals surface area contributed by atoms with Crippen molar-refractivity contribution in [3.8, 4) is 0 Å². The van der Waals surface area contributed by atoms with Crippen LogP contribution in [0.25, 0.3) is 0 Å². The number of hydrogen-bond acceptors (Lipinski definition) is 2. The average Bonchev–Trinajstić information content (AvgIpc) is 2.36. The maximum absolute atomic E-state index is 9.18. The van der Waals surface area contributed by atoms with Gasteiger partial charge in [-0.2, -0.15) is 0 Å². The molecule has 0 spiro atoms. The fourth-order valence-corrected chi connectivity index (χ4v) is 1.00. The highest BCUT2D eigenvalue weighted by Crippen LogP contribution is 2.28. The van der Waals surface area contributed by atoms with Gasteiger partial charge in [-0.3, -0.25) is 0 Å². The molecule has 2 N–H and O–H groups in total. The minimum absolute atomic E-state index is 0.0571. The summed E-state index contributed by atoms with van der Waals surface area (Å²) >= 11 is 0. The maximum atomic E-state index is 9.18. The molecule has 0 saturated carbocycles. The Kier molecular flexibility index (Phi) is 5.06. The molecular formula is C12H20O2. The van der Waals surface area contributed by atoms with Crippen molar-refractivity contribution in [1.82, 2.24) is 0 Å². The van der Waals surface area contributed by atoms with Crippen LogP contribution >= 0.6 is 0 Å². The highest BCUT2D eigenvalue weighted by molar-refractivity contribution is 5.30. The first kappa shape index (κ1) is 12.8. The molecule has 0 aromatic carbocycles. The first-order chi connectivity index (χ1) is 6.57. The third-order valence-electron chi connectivity index (χ3n) is 2.27. The molecule has 14 heavy (non-hydrogen) atoms. The normalized spacial score (nSPS) is 18.6. The Morgan fingerprint density at radius 3 is 1.71 bits per heavy atom. The van der Waals surface area contributed by atoms with Crippen LogP contribution in [0, 0.1) is 5.41 Å². The second kappa shape index (κ2) is 5.53. The molecule has 0 saturated heterocycles. The van der Waals surface area contributed by atoms with Gasteiger partial charge in [0.25, 0.3) is 0 Å². The second-order valence-electron chi connectivity index (χ2n) is 3.30. The minimum atomic E-state index is -0.0663. The quantitative estimate of drug-likeness (QED) is 0.668. The molecule has 1 aliphatic rings. The summed E-state index contributed by atoms with van der Waals surface area (Å²) in [6.07, 6.45) is 7.81. The molecule has 0 aromatic heterocycles. The lowest BCUT2D eigenvalue weighted by Crippen LogP contribution is -2.06. The summed E-state index contributed by atoms with van der Waals surface area (Å²) in [5, 5.41) is 18.4. The van der Waals surface area contributed by atoms with Gasteiger partial charge in [-0.05, 0) is 18.6 Å². The molecule has 0 aromatic rings. The van der Waals surface area contributed by atoms with E-state index in [1.165, 1.54) is 0 Å². The predicted octanol–water partition coefficient (Wildman–Crippen LogP) is 3.88. The van der Waals surface area contributed by atoms with Gasteiger partial charge in [0.15, 0.2) is 11.5 Å². The van der Waals surface area contributed by atoms with E-state index in [1.807, 2.05) is 32.9 Å². The monoisotopic (exact) mass is 196 g/mol. The van der Waals surface area contributed by atoms with Crippen LogP contribution in [-0.4, -0.2) is 10.2 Å². The van der Waals surface area contributed by atoms with Gasteiger partial charge in [-0.25, -0.2) is 0 Å². The van der Waals surface area contributed by atoms with Crippen LogP contribution in [0.4, 0.5) is 0 Å². The van der Waals surface area contributed by atoms with Crippen molar-refractivity contribution in [3.63, 3.8) is 0 Å². The van der Waals surface area contributed by atoms with Gasteiger partial charge < -0.3 is 10.2 Å². The van der Waals surface area contributed by atoms with Crippen LogP contribution < -0.4 is 0 Å². The number of allylic oxidation sites excluding steroid dienone is 4. The van der Waals surface area contributed by atoms with E-state index in [4.69, 9.17) is 0 Å². The minimum Gasteiger partial charge on any atom is -0.504 e. The van der Waals surface area contributed by atoms with Crippen molar-refractivity contribution in [3.05, 3.63) is 35.8 Å². The highest BCUT2D eigenvalue weighted by atomic mass is 16.3.